The third kappa shape index (κ3) is 3.35. The van der Waals surface area contributed by atoms with Gasteiger partial charge in [0.25, 0.3) is 0 Å². The molecule has 0 aliphatic carbocycles. The Bertz CT molecular complexity index is 549. The topological polar surface area (TPSA) is 47.3 Å². The lowest BCUT2D eigenvalue weighted by molar-refractivity contribution is 0.394. The lowest BCUT2D eigenvalue weighted by atomic mass is 10.0. The van der Waals surface area contributed by atoms with Crippen molar-refractivity contribution in [3.05, 3.63) is 47.2 Å². The van der Waals surface area contributed by atoms with Crippen molar-refractivity contribution in [2.24, 2.45) is 0 Å². The summed E-state index contributed by atoms with van der Waals surface area (Å²) in [5, 5.41) is 3.39. The minimum atomic E-state index is 0.169. The number of ether oxygens (including phenoxy) is 1. The predicted molar refractivity (Wildman–Crippen MR) is 74.2 cm³/mol. The Morgan fingerprint density at radius 1 is 1.37 bits per heavy atom. The first kappa shape index (κ1) is 13.6. The summed E-state index contributed by atoms with van der Waals surface area (Å²) >= 11 is 0. The Balaban J connectivity index is 2.06. The zero-order chi connectivity index (χ0) is 13.8. The Morgan fingerprint density at radius 2 is 2.16 bits per heavy atom. The molecule has 0 radical (unpaired) electrons. The summed E-state index contributed by atoms with van der Waals surface area (Å²) in [5.41, 5.74) is 2.36. The van der Waals surface area contributed by atoms with Crippen LogP contribution < -0.4 is 10.1 Å². The zero-order valence-corrected chi connectivity index (χ0v) is 11.9. The lowest BCUT2D eigenvalue weighted by Gasteiger charge is -2.17. The van der Waals surface area contributed by atoms with Crippen LogP contribution in [0, 0.1) is 13.8 Å². The van der Waals surface area contributed by atoms with E-state index in [1.165, 1.54) is 5.56 Å². The quantitative estimate of drug-likeness (QED) is 0.897. The zero-order valence-electron chi connectivity index (χ0n) is 11.9. The monoisotopic (exact) mass is 260 g/mol. The van der Waals surface area contributed by atoms with Gasteiger partial charge in [0.15, 0.2) is 0 Å². The second-order valence-corrected chi connectivity index (χ2v) is 4.71. The number of nitrogens with one attached hydrogen (secondary N) is 1. The fourth-order valence-electron chi connectivity index (χ4n) is 2.03. The van der Waals surface area contributed by atoms with Crippen molar-refractivity contribution in [2.75, 3.05) is 7.11 Å². The van der Waals surface area contributed by atoms with Gasteiger partial charge in [0, 0.05) is 11.6 Å². The summed E-state index contributed by atoms with van der Waals surface area (Å²) in [6.07, 6.45) is 1.73. The molecule has 2 aromatic rings. The molecular weight excluding hydrogens is 240 g/mol. The van der Waals surface area contributed by atoms with Crippen molar-refractivity contribution in [3.63, 3.8) is 0 Å². The van der Waals surface area contributed by atoms with Gasteiger partial charge in [-0.2, -0.15) is 0 Å². The van der Waals surface area contributed by atoms with Gasteiger partial charge in [0.2, 0.25) is 5.89 Å². The molecule has 102 valence electrons. The molecule has 0 aliphatic rings. The number of aryl methyl sites for hydroxylation is 2. The highest BCUT2D eigenvalue weighted by Crippen LogP contribution is 2.26. The van der Waals surface area contributed by atoms with Crippen molar-refractivity contribution < 1.29 is 9.15 Å². The first-order valence-electron chi connectivity index (χ1n) is 6.39. The molecule has 1 N–H and O–H groups in total. The van der Waals surface area contributed by atoms with Gasteiger partial charge in [0.1, 0.15) is 11.5 Å². The van der Waals surface area contributed by atoms with E-state index >= 15 is 0 Å². The number of hydrogen-bond acceptors (Lipinski definition) is 4. The smallest absolute Gasteiger partial charge is 0.208 e. The Labute approximate surface area is 113 Å². The molecule has 2 rings (SSSR count). The van der Waals surface area contributed by atoms with Crippen molar-refractivity contribution in [3.8, 4) is 5.75 Å². The molecule has 0 saturated carbocycles. The van der Waals surface area contributed by atoms with Crippen LogP contribution in [0.3, 0.4) is 0 Å². The van der Waals surface area contributed by atoms with Crippen LogP contribution in [0.2, 0.25) is 0 Å². The number of hydrogen-bond donors (Lipinski definition) is 1. The normalized spacial score (nSPS) is 12.4. The Kier molecular flexibility index (Phi) is 4.22. The minimum absolute atomic E-state index is 0.169. The van der Waals surface area contributed by atoms with E-state index in [9.17, 15) is 0 Å². The van der Waals surface area contributed by atoms with E-state index in [1.807, 2.05) is 19.1 Å². The second-order valence-electron chi connectivity index (χ2n) is 4.71. The minimum Gasteiger partial charge on any atom is -0.496 e. The molecule has 1 heterocycles. The van der Waals surface area contributed by atoms with Crippen molar-refractivity contribution >= 4 is 0 Å². The summed E-state index contributed by atoms with van der Waals surface area (Å²) in [6, 6.07) is 6.35. The molecule has 0 spiro atoms. The Hall–Kier alpha value is -1.81. The summed E-state index contributed by atoms with van der Waals surface area (Å²) in [6.45, 7) is 6.68. The molecule has 0 bridgehead atoms. The highest BCUT2D eigenvalue weighted by molar-refractivity contribution is 5.38. The van der Waals surface area contributed by atoms with Gasteiger partial charge in [-0.3, -0.25) is 0 Å². The molecule has 4 nitrogen and oxygen atoms in total. The first-order valence-corrected chi connectivity index (χ1v) is 6.39. The van der Waals surface area contributed by atoms with Crippen LogP contribution >= 0.6 is 0 Å². The van der Waals surface area contributed by atoms with Crippen molar-refractivity contribution in [2.45, 2.75) is 33.4 Å². The van der Waals surface area contributed by atoms with E-state index in [2.05, 4.69) is 30.2 Å². The number of benzene rings is 1. The third-order valence-corrected chi connectivity index (χ3v) is 3.08. The van der Waals surface area contributed by atoms with Gasteiger partial charge >= 0.3 is 0 Å². The third-order valence-electron chi connectivity index (χ3n) is 3.08. The standard InChI is InChI=1S/C15H20N2O2/c1-10-5-6-14(18-4)13(7-10)12(3)16-9-15-17-8-11(2)19-15/h5-8,12,16H,9H2,1-4H3/t12-/m1/s1. The van der Waals surface area contributed by atoms with Crippen LogP contribution in [0.5, 0.6) is 5.75 Å². The molecule has 0 amide bonds. The van der Waals surface area contributed by atoms with Gasteiger partial charge < -0.3 is 14.5 Å². The predicted octanol–water partition coefficient (Wildman–Crippen LogP) is 3.15. The average molecular weight is 260 g/mol. The second kappa shape index (κ2) is 5.89. The maximum atomic E-state index is 5.45. The molecule has 19 heavy (non-hydrogen) atoms. The van der Waals surface area contributed by atoms with E-state index in [-0.39, 0.29) is 6.04 Å². The number of methoxy groups -OCH3 is 1. The van der Waals surface area contributed by atoms with Crippen LogP contribution in [0.1, 0.15) is 35.7 Å². The van der Waals surface area contributed by atoms with Crippen LogP contribution in [-0.2, 0) is 6.54 Å². The molecular formula is C15H20N2O2. The number of aromatic nitrogens is 1. The fraction of sp³-hybridized carbons (Fsp3) is 0.400. The summed E-state index contributed by atoms with van der Waals surface area (Å²) in [7, 11) is 1.69. The van der Waals surface area contributed by atoms with Gasteiger partial charge in [0.05, 0.1) is 19.9 Å². The van der Waals surface area contributed by atoms with Crippen molar-refractivity contribution in [1.29, 1.82) is 0 Å². The Morgan fingerprint density at radius 3 is 2.79 bits per heavy atom. The van der Waals surface area contributed by atoms with Gasteiger partial charge in [-0.05, 0) is 26.8 Å². The lowest BCUT2D eigenvalue weighted by Crippen LogP contribution is -2.19. The van der Waals surface area contributed by atoms with Crippen LogP contribution in [0.25, 0.3) is 0 Å². The van der Waals surface area contributed by atoms with E-state index in [4.69, 9.17) is 9.15 Å². The van der Waals surface area contributed by atoms with E-state index in [0.717, 1.165) is 17.1 Å². The number of rotatable bonds is 5. The molecule has 1 atom stereocenters. The average Bonchev–Trinajstić information content (AvgIpc) is 2.81. The molecule has 0 aliphatic heterocycles. The van der Waals surface area contributed by atoms with Crippen LogP contribution in [0.15, 0.2) is 28.8 Å². The number of nitrogens with zero attached hydrogens (tertiary/aromatic N) is 1. The molecule has 1 aromatic carbocycles. The van der Waals surface area contributed by atoms with Crippen LogP contribution in [0.4, 0.5) is 0 Å². The first-order chi connectivity index (χ1) is 9.10. The summed E-state index contributed by atoms with van der Waals surface area (Å²) in [5.74, 6) is 2.43. The molecule has 4 heteroatoms. The molecule has 0 saturated heterocycles. The maximum absolute atomic E-state index is 5.45. The fourth-order valence-corrected chi connectivity index (χ4v) is 2.03. The van der Waals surface area contributed by atoms with Crippen LogP contribution in [-0.4, -0.2) is 12.1 Å². The van der Waals surface area contributed by atoms with E-state index in [0.29, 0.717) is 12.4 Å². The van der Waals surface area contributed by atoms with Gasteiger partial charge in [-0.15, -0.1) is 0 Å². The van der Waals surface area contributed by atoms with E-state index < -0.39 is 0 Å². The summed E-state index contributed by atoms with van der Waals surface area (Å²) < 4.78 is 10.8. The van der Waals surface area contributed by atoms with E-state index in [1.54, 1.807) is 13.3 Å². The highest BCUT2D eigenvalue weighted by Gasteiger charge is 2.12. The largest absolute Gasteiger partial charge is 0.496 e. The molecule has 0 unspecified atom stereocenters. The van der Waals surface area contributed by atoms with Gasteiger partial charge in [-0.1, -0.05) is 17.7 Å². The SMILES string of the molecule is COc1ccc(C)cc1[C@@H](C)NCc1ncc(C)o1. The van der Waals surface area contributed by atoms with Gasteiger partial charge in [-0.25, -0.2) is 4.98 Å². The molecule has 0 fully saturated rings. The maximum Gasteiger partial charge on any atom is 0.208 e. The molecule has 1 aromatic heterocycles. The highest BCUT2D eigenvalue weighted by atomic mass is 16.5. The summed E-state index contributed by atoms with van der Waals surface area (Å²) in [4.78, 5) is 4.18. The number of oxazole rings is 1. The van der Waals surface area contributed by atoms with Crippen molar-refractivity contribution in [1.82, 2.24) is 10.3 Å².